The number of nitrogens with two attached hydrogens (primary N) is 1. The number of piperidine rings is 1. The van der Waals surface area contributed by atoms with Gasteiger partial charge in [-0.15, -0.1) is 0 Å². The molecule has 0 aromatic heterocycles. The third-order valence-corrected chi connectivity index (χ3v) is 3.17. The Morgan fingerprint density at radius 1 is 1.33 bits per heavy atom. The van der Waals surface area contributed by atoms with Crippen LogP contribution < -0.4 is 5.73 Å². The predicted octanol–water partition coefficient (Wildman–Crippen LogP) is 0.524. The molecule has 1 aliphatic carbocycles. The SMILES string of the molecule is NC(=NO)C1CCCCN1C(=O)C1CC1. The number of hydrogen-bond donors (Lipinski definition) is 2. The second kappa shape index (κ2) is 4.08. The topological polar surface area (TPSA) is 78.9 Å². The molecule has 1 saturated carbocycles. The van der Waals surface area contributed by atoms with E-state index in [9.17, 15) is 4.79 Å². The van der Waals surface area contributed by atoms with E-state index in [2.05, 4.69) is 5.16 Å². The van der Waals surface area contributed by atoms with Crippen molar-refractivity contribution < 1.29 is 10.0 Å². The molecule has 2 fully saturated rings. The molecule has 84 valence electrons. The summed E-state index contributed by atoms with van der Waals surface area (Å²) in [7, 11) is 0. The summed E-state index contributed by atoms with van der Waals surface area (Å²) in [6, 6.07) is -0.183. The third-order valence-electron chi connectivity index (χ3n) is 3.17. The molecule has 0 aromatic rings. The maximum atomic E-state index is 11.9. The molecule has 1 heterocycles. The van der Waals surface area contributed by atoms with Gasteiger partial charge in [0.05, 0.1) is 6.04 Å². The van der Waals surface area contributed by atoms with Gasteiger partial charge in [0.25, 0.3) is 0 Å². The molecule has 2 aliphatic rings. The number of amidine groups is 1. The number of likely N-dealkylation sites (tertiary alicyclic amines) is 1. The highest BCUT2D eigenvalue weighted by atomic mass is 16.4. The minimum absolute atomic E-state index is 0.170. The third kappa shape index (κ3) is 2.06. The van der Waals surface area contributed by atoms with Crippen LogP contribution in [0.25, 0.3) is 0 Å². The molecule has 1 aliphatic heterocycles. The Morgan fingerprint density at radius 3 is 2.67 bits per heavy atom. The van der Waals surface area contributed by atoms with Gasteiger partial charge in [-0.3, -0.25) is 4.79 Å². The number of carbonyl (C=O) groups excluding carboxylic acids is 1. The van der Waals surface area contributed by atoms with Crippen molar-refractivity contribution in [1.29, 1.82) is 0 Å². The predicted molar refractivity (Wildman–Crippen MR) is 55.5 cm³/mol. The lowest BCUT2D eigenvalue weighted by Gasteiger charge is -2.34. The lowest BCUT2D eigenvalue weighted by molar-refractivity contribution is -0.134. The van der Waals surface area contributed by atoms with Crippen molar-refractivity contribution in [2.75, 3.05) is 6.54 Å². The van der Waals surface area contributed by atoms with Crippen LogP contribution in [0.15, 0.2) is 5.16 Å². The first kappa shape index (κ1) is 10.3. The molecule has 5 heteroatoms. The van der Waals surface area contributed by atoms with Crippen LogP contribution in [0.5, 0.6) is 0 Å². The van der Waals surface area contributed by atoms with Crippen LogP contribution in [-0.2, 0) is 4.79 Å². The fourth-order valence-corrected chi connectivity index (χ4v) is 2.13. The number of hydrogen-bond acceptors (Lipinski definition) is 3. The standard InChI is InChI=1S/C10H17N3O2/c11-9(12-15)8-3-1-2-6-13(8)10(14)7-4-5-7/h7-8,15H,1-6H2,(H2,11,12). The summed E-state index contributed by atoms with van der Waals surface area (Å²) in [6.45, 7) is 0.746. The number of nitrogens with zero attached hydrogens (tertiary/aromatic N) is 2. The normalized spacial score (nSPS) is 27.9. The molecule has 5 nitrogen and oxygen atoms in total. The quantitative estimate of drug-likeness (QED) is 0.302. The van der Waals surface area contributed by atoms with E-state index in [1.54, 1.807) is 4.90 Å². The molecule has 0 spiro atoms. The number of oxime groups is 1. The van der Waals surface area contributed by atoms with Gasteiger partial charge >= 0.3 is 0 Å². The van der Waals surface area contributed by atoms with E-state index >= 15 is 0 Å². The average molecular weight is 211 g/mol. The summed E-state index contributed by atoms with van der Waals surface area (Å²) >= 11 is 0. The Bertz CT molecular complexity index is 286. The van der Waals surface area contributed by atoms with Gasteiger partial charge in [-0.1, -0.05) is 5.16 Å². The molecule has 1 saturated heterocycles. The average Bonchev–Trinajstić information content (AvgIpc) is 3.11. The zero-order valence-electron chi connectivity index (χ0n) is 8.72. The number of rotatable bonds is 2. The largest absolute Gasteiger partial charge is 0.409 e. The van der Waals surface area contributed by atoms with Gasteiger partial charge in [-0.2, -0.15) is 0 Å². The minimum Gasteiger partial charge on any atom is -0.409 e. The minimum atomic E-state index is -0.183. The maximum absolute atomic E-state index is 11.9. The summed E-state index contributed by atoms with van der Waals surface area (Å²) < 4.78 is 0. The second-order valence-electron chi connectivity index (χ2n) is 4.34. The van der Waals surface area contributed by atoms with Crippen molar-refractivity contribution in [3.05, 3.63) is 0 Å². The van der Waals surface area contributed by atoms with Gasteiger partial charge in [-0.25, -0.2) is 0 Å². The Labute approximate surface area is 88.9 Å². The van der Waals surface area contributed by atoms with Gasteiger partial charge in [0.2, 0.25) is 5.91 Å². The lowest BCUT2D eigenvalue weighted by atomic mass is 10.0. The summed E-state index contributed by atoms with van der Waals surface area (Å²) in [5.41, 5.74) is 5.60. The molecular formula is C10H17N3O2. The first-order valence-corrected chi connectivity index (χ1v) is 5.52. The highest BCUT2D eigenvalue weighted by molar-refractivity contribution is 5.91. The first-order valence-electron chi connectivity index (χ1n) is 5.52. The molecule has 0 radical (unpaired) electrons. The molecule has 1 amide bonds. The Hall–Kier alpha value is -1.26. The van der Waals surface area contributed by atoms with Gasteiger partial charge in [0.1, 0.15) is 0 Å². The smallest absolute Gasteiger partial charge is 0.226 e. The van der Waals surface area contributed by atoms with E-state index in [1.165, 1.54) is 0 Å². The van der Waals surface area contributed by atoms with E-state index in [0.29, 0.717) is 0 Å². The molecule has 2 rings (SSSR count). The molecule has 15 heavy (non-hydrogen) atoms. The molecule has 1 unspecified atom stereocenters. The van der Waals surface area contributed by atoms with Crippen LogP contribution in [0.4, 0.5) is 0 Å². The van der Waals surface area contributed by atoms with Gasteiger partial charge in [-0.05, 0) is 32.1 Å². The molecule has 1 atom stereocenters. The summed E-state index contributed by atoms with van der Waals surface area (Å²) in [5, 5.41) is 11.7. The van der Waals surface area contributed by atoms with Gasteiger partial charge < -0.3 is 15.8 Å². The highest BCUT2D eigenvalue weighted by Gasteiger charge is 2.38. The van der Waals surface area contributed by atoms with Crippen LogP contribution >= 0.6 is 0 Å². The maximum Gasteiger partial charge on any atom is 0.226 e. The second-order valence-corrected chi connectivity index (χ2v) is 4.34. The summed E-state index contributed by atoms with van der Waals surface area (Å²) in [4.78, 5) is 13.7. The fraction of sp³-hybridized carbons (Fsp3) is 0.800. The van der Waals surface area contributed by atoms with Gasteiger partial charge in [0, 0.05) is 12.5 Å². The van der Waals surface area contributed by atoms with Crippen molar-refractivity contribution in [1.82, 2.24) is 4.90 Å². The van der Waals surface area contributed by atoms with Crippen molar-refractivity contribution in [3.63, 3.8) is 0 Å². The van der Waals surface area contributed by atoms with Crippen LogP contribution in [0.3, 0.4) is 0 Å². The van der Waals surface area contributed by atoms with Crippen molar-refractivity contribution in [3.8, 4) is 0 Å². The van der Waals surface area contributed by atoms with Gasteiger partial charge in [0.15, 0.2) is 5.84 Å². The Kier molecular flexibility index (Phi) is 2.79. The van der Waals surface area contributed by atoms with Crippen molar-refractivity contribution >= 4 is 11.7 Å². The zero-order valence-corrected chi connectivity index (χ0v) is 8.72. The van der Waals surface area contributed by atoms with Crippen LogP contribution in [0, 0.1) is 5.92 Å². The van der Waals surface area contributed by atoms with Crippen LogP contribution in [0.1, 0.15) is 32.1 Å². The Balaban J connectivity index is 2.08. The Morgan fingerprint density at radius 2 is 2.07 bits per heavy atom. The van der Waals surface area contributed by atoms with E-state index in [-0.39, 0.29) is 23.7 Å². The lowest BCUT2D eigenvalue weighted by Crippen LogP contribution is -2.51. The van der Waals surface area contributed by atoms with E-state index in [1.807, 2.05) is 0 Å². The highest BCUT2D eigenvalue weighted by Crippen LogP contribution is 2.33. The number of carbonyl (C=O) groups is 1. The summed E-state index contributed by atoms with van der Waals surface area (Å²) in [6.07, 6.45) is 4.87. The monoisotopic (exact) mass is 211 g/mol. The fourth-order valence-electron chi connectivity index (χ4n) is 2.13. The molecule has 3 N–H and O–H groups in total. The van der Waals surface area contributed by atoms with Crippen LogP contribution in [-0.4, -0.2) is 34.4 Å². The van der Waals surface area contributed by atoms with Crippen molar-refractivity contribution in [2.24, 2.45) is 16.8 Å². The van der Waals surface area contributed by atoms with E-state index in [0.717, 1.165) is 38.6 Å². The first-order chi connectivity index (χ1) is 7.24. The molecule has 0 aromatic carbocycles. The zero-order chi connectivity index (χ0) is 10.8. The number of amides is 1. The van der Waals surface area contributed by atoms with E-state index < -0.39 is 0 Å². The summed E-state index contributed by atoms with van der Waals surface area (Å²) in [5.74, 6) is 0.562. The van der Waals surface area contributed by atoms with Crippen molar-refractivity contribution in [2.45, 2.75) is 38.1 Å². The van der Waals surface area contributed by atoms with Crippen LogP contribution in [0.2, 0.25) is 0 Å². The molecule has 0 bridgehead atoms. The van der Waals surface area contributed by atoms with E-state index in [4.69, 9.17) is 10.9 Å². The molecular weight excluding hydrogens is 194 g/mol.